The molecule has 0 nitrogen and oxygen atoms in total. The summed E-state index contributed by atoms with van der Waals surface area (Å²) in [5.74, 6) is 0. The van der Waals surface area contributed by atoms with Crippen molar-refractivity contribution >= 4 is 96.1 Å². The van der Waals surface area contributed by atoms with Crippen LogP contribution in [0.1, 0.15) is 24.7 Å². The lowest BCUT2D eigenvalue weighted by Gasteiger charge is -2.19. The molecule has 12 aromatic rings. The number of rotatable bonds is 3. The molecule has 12 rings (SSSR count). The Morgan fingerprint density at radius 1 is 0.333 bits per heavy atom. The Labute approximate surface area is 323 Å². The highest BCUT2D eigenvalue weighted by Gasteiger charge is 2.19. The molecule has 11 aromatic carbocycles. The van der Waals surface area contributed by atoms with E-state index >= 15 is 0 Å². The molecule has 51 heavy (non-hydrogen) atoms. The van der Waals surface area contributed by atoms with Crippen LogP contribution >= 0.6 is 11.3 Å². The molecule has 0 spiro atoms. The fraction of sp³-hybridized carbons (Fsp3) is 0. The standard InChI is InChI=1S/C50H28S/c1-2-10-45-40(9-1)44-28-36(20-26-46(44)51-45)38-22-19-35(37-21-15-33-13-11-29-5-3-7-31-17-24-41(37)49(33)47(29)31)27-43(38)39-23-16-34-14-12-30-6-4-8-32-18-25-42(39)50(34)48(30)32/h1-28H/i3D,4D,5D,6D,7D,8D,11D,12D,13D,14D,15D,16D,17D,18D,21D,23D,24D,25D. The third-order valence-electron chi connectivity index (χ3n) is 9.89. The Hall–Kier alpha value is -6.28. The quantitative estimate of drug-likeness (QED) is 0.163. The number of fused-ring (bicyclic) bond motifs is 3. The van der Waals surface area contributed by atoms with Crippen LogP contribution in [0.25, 0.3) is 118 Å². The molecule has 234 valence electrons. The average Bonchev–Trinajstić information content (AvgIpc) is 3.71. The van der Waals surface area contributed by atoms with Crippen LogP contribution in [0.2, 0.25) is 0 Å². The number of hydrogen-bond acceptors (Lipinski definition) is 1. The molecule has 0 amide bonds. The maximum Gasteiger partial charge on any atom is 0.0630 e. The molecule has 0 unspecified atom stereocenters. The van der Waals surface area contributed by atoms with Crippen molar-refractivity contribution in [2.24, 2.45) is 0 Å². The van der Waals surface area contributed by atoms with Gasteiger partial charge in [0.2, 0.25) is 0 Å². The number of thiophene rings is 1. The van der Waals surface area contributed by atoms with E-state index in [1.54, 1.807) is 29.5 Å². The predicted octanol–water partition coefficient (Wildman–Crippen LogP) is 14.9. The Morgan fingerprint density at radius 3 is 1.53 bits per heavy atom. The second-order valence-corrected chi connectivity index (χ2v) is 13.7. The third kappa shape index (κ3) is 3.84. The molecule has 1 heterocycles. The minimum Gasteiger partial charge on any atom is -0.135 e. The van der Waals surface area contributed by atoms with E-state index in [1.165, 1.54) is 0 Å². The van der Waals surface area contributed by atoms with E-state index < -0.39 is 109 Å². The van der Waals surface area contributed by atoms with Crippen molar-refractivity contribution in [1.82, 2.24) is 0 Å². The van der Waals surface area contributed by atoms with Gasteiger partial charge in [-0.15, -0.1) is 11.3 Å². The molecule has 0 saturated carbocycles. The van der Waals surface area contributed by atoms with Crippen LogP contribution in [0.3, 0.4) is 0 Å². The number of benzene rings is 11. The maximum absolute atomic E-state index is 9.78. The van der Waals surface area contributed by atoms with Gasteiger partial charge in [-0.2, -0.15) is 0 Å². The maximum atomic E-state index is 9.78. The largest absolute Gasteiger partial charge is 0.135 e. The Kier molecular flexibility index (Phi) is 3.13. The lowest BCUT2D eigenvalue weighted by atomic mass is 9.84. The van der Waals surface area contributed by atoms with Crippen molar-refractivity contribution in [3.8, 4) is 33.4 Å². The van der Waals surface area contributed by atoms with Gasteiger partial charge in [0, 0.05) is 20.2 Å². The van der Waals surface area contributed by atoms with Gasteiger partial charge in [0.15, 0.2) is 0 Å². The van der Waals surface area contributed by atoms with E-state index in [0.717, 1.165) is 20.2 Å². The van der Waals surface area contributed by atoms with Gasteiger partial charge in [-0.25, -0.2) is 0 Å². The van der Waals surface area contributed by atoms with Crippen LogP contribution in [0.5, 0.6) is 0 Å². The first-order valence-electron chi connectivity index (χ1n) is 25.2. The zero-order chi connectivity index (χ0) is 48.9. The summed E-state index contributed by atoms with van der Waals surface area (Å²) < 4.78 is 167. The molecule has 0 fully saturated rings. The van der Waals surface area contributed by atoms with Gasteiger partial charge in [0.25, 0.3) is 0 Å². The van der Waals surface area contributed by atoms with E-state index in [-0.39, 0.29) is 86.9 Å². The third-order valence-corrected chi connectivity index (χ3v) is 11.0. The van der Waals surface area contributed by atoms with E-state index in [9.17, 15) is 11.0 Å². The zero-order valence-electron chi connectivity index (χ0n) is 44.2. The summed E-state index contributed by atoms with van der Waals surface area (Å²) in [4.78, 5) is 0. The van der Waals surface area contributed by atoms with Crippen LogP contribution in [0.15, 0.2) is 169 Å². The number of hydrogen-bond donors (Lipinski definition) is 0. The SMILES string of the molecule is [2H]c1c([2H])c2c([2H])c([2H])c3c([2H])c([2H])c(-c4ccc(-c5ccc6sc7ccccc7c6c5)c(-c5c([2H])c([2H])c6c([2H])c([2H])c7c([2H])c([2H])c([2H])c8c([2H])c([2H])c5c6c78)c4)c4c([2H])c([2H])c(c1[2H])c2c34. The van der Waals surface area contributed by atoms with Crippen molar-refractivity contribution in [3.63, 3.8) is 0 Å². The first-order chi connectivity index (χ1) is 32.8. The van der Waals surface area contributed by atoms with E-state index in [2.05, 4.69) is 0 Å². The lowest BCUT2D eigenvalue weighted by Crippen LogP contribution is -1.92. The molecule has 0 aliphatic heterocycles. The van der Waals surface area contributed by atoms with Crippen LogP contribution in [-0.4, -0.2) is 0 Å². The van der Waals surface area contributed by atoms with Gasteiger partial charge in [-0.1, -0.05) is 145 Å². The minimum absolute atomic E-state index is 0.00889. The highest BCUT2D eigenvalue weighted by molar-refractivity contribution is 7.25. The molecule has 0 saturated heterocycles. The monoisotopic (exact) mass is 678 g/mol. The fourth-order valence-corrected chi connectivity index (χ4v) is 8.68. The molecule has 1 aromatic heterocycles. The van der Waals surface area contributed by atoms with Crippen molar-refractivity contribution in [1.29, 1.82) is 0 Å². The van der Waals surface area contributed by atoms with Crippen molar-refractivity contribution in [2.75, 3.05) is 0 Å². The van der Waals surface area contributed by atoms with E-state index in [4.69, 9.17) is 13.7 Å². The van der Waals surface area contributed by atoms with Gasteiger partial charge in [-0.3, -0.25) is 0 Å². The topological polar surface area (TPSA) is 0 Å². The fourth-order valence-electron chi connectivity index (χ4n) is 7.60. The highest BCUT2D eigenvalue weighted by Crippen LogP contribution is 2.46. The summed E-state index contributed by atoms with van der Waals surface area (Å²) >= 11 is 1.59. The Morgan fingerprint density at radius 2 is 0.843 bits per heavy atom. The Bertz CT molecular complexity index is 4350. The van der Waals surface area contributed by atoms with Crippen molar-refractivity contribution in [2.45, 2.75) is 0 Å². The smallest absolute Gasteiger partial charge is 0.0630 e. The lowest BCUT2D eigenvalue weighted by molar-refractivity contribution is 1.61. The summed E-state index contributed by atoms with van der Waals surface area (Å²) in [5, 5.41) is 0.306. The molecule has 0 bridgehead atoms. The summed E-state index contributed by atoms with van der Waals surface area (Å²) in [5.41, 5.74) is 1.18. The molecule has 0 N–H and O–H groups in total. The normalized spacial score (nSPS) is 17.3. The van der Waals surface area contributed by atoms with Gasteiger partial charge < -0.3 is 0 Å². The highest BCUT2D eigenvalue weighted by atomic mass is 32.1. The van der Waals surface area contributed by atoms with Crippen molar-refractivity contribution < 1.29 is 24.7 Å². The van der Waals surface area contributed by atoms with E-state index in [1.807, 2.05) is 42.5 Å². The second-order valence-electron chi connectivity index (χ2n) is 12.6. The zero-order valence-corrected chi connectivity index (χ0v) is 27.0. The summed E-state index contributed by atoms with van der Waals surface area (Å²) in [6, 6.07) is 8.85. The summed E-state index contributed by atoms with van der Waals surface area (Å²) in [7, 11) is 0. The van der Waals surface area contributed by atoms with Crippen LogP contribution in [0, 0.1) is 0 Å². The molecule has 0 aliphatic rings. The Balaban J connectivity index is 1.29. The summed E-state index contributed by atoms with van der Waals surface area (Å²) in [6.45, 7) is 0. The van der Waals surface area contributed by atoms with Gasteiger partial charge in [0.1, 0.15) is 0 Å². The molecule has 0 radical (unpaired) electrons. The molecular weight excluding hydrogens is 633 g/mol. The van der Waals surface area contributed by atoms with Crippen LogP contribution < -0.4 is 0 Å². The molecular formula is C50H28S. The van der Waals surface area contributed by atoms with Gasteiger partial charge in [-0.05, 0) is 122 Å². The minimum atomic E-state index is -0.604. The molecule has 0 atom stereocenters. The second kappa shape index (κ2) is 10.1. The predicted molar refractivity (Wildman–Crippen MR) is 223 cm³/mol. The summed E-state index contributed by atoms with van der Waals surface area (Å²) in [6.07, 6.45) is 0. The van der Waals surface area contributed by atoms with Crippen LogP contribution in [0.4, 0.5) is 0 Å². The first-order valence-corrected chi connectivity index (χ1v) is 17.0. The van der Waals surface area contributed by atoms with Gasteiger partial charge >= 0.3 is 0 Å². The van der Waals surface area contributed by atoms with Crippen LogP contribution in [-0.2, 0) is 0 Å². The van der Waals surface area contributed by atoms with Gasteiger partial charge in [0.05, 0.1) is 24.7 Å². The average molecular weight is 679 g/mol. The molecule has 0 aliphatic carbocycles. The van der Waals surface area contributed by atoms with E-state index in [0.29, 0.717) is 11.1 Å². The van der Waals surface area contributed by atoms with Crippen molar-refractivity contribution in [3.05, 3.63) is 169 Å². The first kappa shape index (κ1) is 15.7. The molecule has 1 heteroatoms.